The van der Waals surface area contributed by atoms with E-state index >= 15 is 0 Å². The molecule has 2 atom stereocenters. The molecule has 0 saturated heterocycles. The number of nitrogens with one attached hydrogen (secondary N) is 2. The summed E-state index contributed by atoms with van der Waals surface area (Å²) in [6.45, 7) is 17.3. The minimum atomic E-state index is 0.00210. The zero-order chi connectivity index (χ0) is 41.3. The third kappa shape index (κ3) is 9.62. The van der Waals surface area contributed by atoms with Crippen LogP contribution in [0.15, 0.2) is 133 Å². The van der Waals surface area contributed by atoms with E-state index in [1.54, 1.807) is 0 Å². The Bertz CT molecular complexity index is 2040. The second-order valence-corrected chi connectivity index (χ2v) is 15.7. The largest absolute Gasteiger partial charge is 0.378 e. The summed E-state index contributed by atoms with van der Waals surface area (Å²) in [4.78, 5) is 9.10. The van der Waals surface area contributed by atoms with Gasteiger partial charge in [-0.15, -0.1) is 0 Å². The van der Waals surface area contributed by atoms with Gasteiger partial charge in [-0.3, -0.25) is 0 Å². The van der Waals surface area contributed by atoms with Crippen molar-refractivity contribution in [1.29, 1.82) is 0 Å². The first-order valence-corrected chi connectivity index (χ1v) is 21.0. The third-order valence-corrected chi connectivity index (χ3v) is 11.6. The molecule has 2 unspecified atom stereocenters. The van der Waals surface area contributed by atoms with Gasteiger partial charge in [-0.2, -0.15) is 0 Å². The summed E-state index contributed by atoms with van der Waals surface area (Å²) in [6.07, 6.45) is 0. The minimum Gasteiger partial charge on any atom is -0.378 e. The van der Waals surface area contributed by atoms with Gasteiger partial charge in [0.25, 0.3) is 0 Å². The average molecular weight is 773 g/mol. The molecule has 6 aromatic carbocycles. The summed E-state index contributed by atoms with van der Waals surface area (Å²) in [5.74, 6) is 0. The van der Waals surface area contributed by atoms with E-state index in [0.717, 1.165) is 37.6 Å². The molecule has 302 valence electrons. The first-order valence-electron chi connectivity index (χ1n) is 21.0. The number of benzene rings is 6. The monoisotopic (exact) mass is 773 g/mol. The maximum atomic E-state index is 3.91. The van der Waals surface area contributed by atoms with Crippen molar-refractivity contribution in [3.05, 3.63) is 167 Å². The standard InChI is InChI=1S/C52H64N6/c1-11-57(12-2)47-31-33-49(37(5)35-47)51(41-19-27-45(28-20-41)55(7)8)53-43-23-15-39(16-24-43)40-17-25-44(26-18-40)54-52(42-21-29-46(30-22-42)56(9)10)50-34-32-48(36-38(50)6)58(13-3)14-4/h15-36,51-54H,11-14H2,1-10H3. The molecule has 0 fully saturated rings. The van der Waals surface area contributed by atoms with Gasteiger partial charge >= 0.3 is 0 Å². The fraction of sp³-hybridized carbons (Fsp3) is 0.308. The smallest absolute Gasteiger partial charge is 0.0770 e. The van der Waals surface area contributed by atoms with E-state index in [9.17, 15) is 0 Å². The Labute approximate surface area is 349 Å². The Morgan fingerprint density at radius 1 is 0.397 bits per heavy atom. The lowest BCUT2D eigenvalue weighted by molar-refractivity contribution is 0.861. The molecule has 0 amide bonds. The maximum absolute atomic E-state index is 3.91. The van der Waals surface area contributed by atoms with E-state index in [1.165, 1.54) is 67.3 Å². The molecule has 0 aliphatic rings. The van der Waals surface area contributed by atoms with Gasteiger partial charge in [0.2, 0.25) is 0 Å². The Morgan fingerprint density at radius 3 is 0.983 bits per heavy atom. The van der Waals surface area contributed by atoms with E-state index in [4.69, 9.17) is 0 Å². The molecule has 0 spiro atoms. The summed E-state index contributed by atoms with van der Waals surface area (Å²) < 4.78 is 0. The fourth-order valence-electron chi connectivity index (χ4n) is 8.00. The third-order valence-electron chi connectivity index (χ3n) is 11.6. The molecule has 0 aromatic heterocycles. The van der Waals surface area contributed by atoms with Gasteiger partial charge in [-0.05, 0) is 159 Å². The van der Waals surface area contributed by atoms with Gasteiger partial charge < -0.3 is 30.2 Å². The predicted octanol–water partition coefficient (Wildman–Crippen LogP) is 12.2. The van der Waals surface area contributed by atoms with E-state index in [-0.39, 0.29) is 12.1 Å². The van der Waals surface area contributed by atoms with Crippen LogP contribution >= 0.6 is 0 Å². The van der Waals surface area contributed by atoms with Gasteiger partial charge in [-0.1, -0.05) is 60.7 Å². The summed E-state index contributed by atoms with van der Waals surface area (Å²) >= 11 is 0. The van der Waals surface area contributed by atoms with Crippen LogP contribution in [0.1, 0.15) is 73.2 Å². The summed E-state index contributed by atoms with van der Waals surface area (Å²) in [6, 6.07) is 49.4. The Kier molecular flexibility index (Phi) is 13.7. The summed E-state index contributed by atoms with van der Waals surface area (Å²) in [7, 11) is 8.34. The molecule has 0 bridgehead atoms. The molecule has 6 aromatic rings. The normalized spacial score (nSPS) is 12.1. The number of aryl methyl sites for hydroxylation is 2. The molecule has 0 aliphatic carbocycles. The summed E-state index contributed by atoms with van der Waals surface area (Å²) in [5, 5.41) is 7.81. The Hall–Kier alpha value is -5.88. The highest BCUT2D eigenvalue weighted by Gasteiger charge is 2.20. The first kappa shape index (κ1) is 41.7. The van der Waals surface area contributed by atoms with Gasteiger partial charge in [0, 0.05) is 88.5 Å². The highest BCUT2D eigenvalue weighted by molar-refractivity contribution is 5.69. The van der Waals surface area contributed by atoms with Gasteiger partial charge in [0.05, 0.1) is 12.1 Å². The number of anilines is 6. The van der Waals surface area contributed by atoms with Gasteiger partial charge in [0.1, 0.15) is 0 Å². The maximum Gasteiger partial charge on any atom is 0.0770 e. The van der Waals surface area contributed by atoms with Crippen LogP contribution in [0.25, 0.3) is 11.1 Å². The number of nitrogens with zero attached hydrogens (tertiary/aromatic N) is 4. The van der Waals surface area contributed by atoms with Crippen LogP contribution in [-0.4, -0.2) is 54.4 Å². The zero-order valence-electron chi connectivity index (χ0n) is 36.5. The van der Waals surface area contributed by atoms with Crippen molar-refractivity contribution in [3.63, 3.8) is 0 Å². The molecule has 0 radical (unpaired) electrons. The molecule has 6 rings (SSSR count). The molecule has 6 heteroatoms. The Balaban J connectivity index is 1.24. The van der Waals surface area contributed by atoms with Gasteiger partial charge in [0.15, 0.2) is 0 Å². The Morgan fingerprint density at radius 2 is 0.707 bits per heavy atom. The summed E-state index contributed by atoms with van der Waals surface area (Å²) in [5.41, 5.74) is 17.0. The lowest BCUT2D eigenvalue weighted by Crippen LogP contribution is -2.22. The first-order chi connectivity index (χ1) is 28.0. The van der Waals surface area contributed by atoms with Crippen LogP contribution in [0.4, 0.5) is 34.1 Å². The van der Waals surface area contributed by atoms with E-state index in [1.807, 2.05) is 0 Å². The molecule has 0 saturated carbocycles. The number of rotatable bonds is 17. The van der Waals surface area contributed by atoms with Crippen LogP contribution in [0.2, 0.25) is 0 Å². The molecular weight excluding hydrogens is 709 g/mol. The van der Waals surface area contributed by atoms with Crippen LogP contribution in [0, 0.1) is 13.8 Å². The predicted molar refractivity (Wildman–Crippen MR) is 254 cm³/mol. The second-order valence-electron chi connectivity index (χ2n) is 15.7. The SMILES string of the molecule is CCN(CC)c1ccc(C(Nc2ccc(-c3ccc(NC(c4ccc(N(C)C)cc4)c4ccc(N(CC)CC)cc4C)cc3)cc2)c2ccc(N(C)C)cc2)c(C)c1. The van der Waals surface area contributed by atoms with Crippen molar-refractivity contribution in [3.8, 4) is 11.1 Å². The topological polar surface area (TPSA) is 37.0 Å². The zero-order valence-corrected chi connectivity index (χ0v) is 36.5. The van der Waals surface area contributed by atoms with Gasteiger partial charge in [-0.25, -0.2) is 0 Å². The van der Waals surface area contributed by atoms with Crippen LogP contribution < -0.4 is 30.2 Å². The lowest BCUT2D eigenvalue weighted by Gasteiger charge is -2.27. The van der Waals surface area contributed by atoms with Crippen molar-refractivity contribution < 1.29 is 0 Å². The lowest BCUT2D eigenvalue weighted by atomic mass is 9.93. The number of hydrogen-bond donors (Lipinski definition) is 2. The minimum absolute atomic E-state index is 0.00210. The van der Waals surface area contributed by atoms with E-state index in [2.05, 4.69) is 233 Å². The van der Waals surface area contributed by atoms with Crippen molar-refractivity contribution in [2.24, 2.45) is 0 Å². The van der Waals surface area contributed by atoms with Crippen LogP contribution in [0.3, 0.4) is 0 Å². The molecule has 2 N–H and O–H groups in total. The molecule has 0 aliphatic heterocycles. The fourth-order valence-corrected chi connectivity index (χ4v) is 8.00. The van der Waals surface area contributed by atoms with Crippen LogP contribution in [-0.2, 0) is 0 Å². The highest BCUT2D eigenvalue weighted by Crippen LogP contribution is 2.35. The quantitative estimate of drug-likeness (QED) is 0.0962. The highest BCUT2D eigenvalue weighted by atomic mass is 15.1. The van der Waals surface area contributed by atoms with Crippen molar-refractivity contribution >= 4 is 34.1 Å². The van der Waals surface area contributed by atoms with Crippen molar-refractivity contribution in [2.45, 2.75) is 53.6 Å². The van der Waals surface area contributed by atoms with Crippen molar-refractivity contribution in [2.75, 3.05) is 84.6 Å². The second kappa shape index (κ2) is 19.0. The van der Waals surface area contributed by atoms with Crippen LogP contribution in [0.5, 0.6) is 0 Å². The molecule has 6 nitrogen and oxygen atoms in total. The average Bonchev–Trinajstić information content (AvgIpc) is 3.24. The van der Waals surface area contributed by atoms with E-state index < -0.39 is 0 Å². The molecule has 0 heterocycles. The van der Waals surface area contributed by atoms with Crippen molar-refractivity contribution in [1.82, 2.24) is 0 Å². The number of hydrogen-bond acceptors (Lipinski definition) is 6. The van der Waals surface area contributed by atoms with E-state index in [0.29, 0.717) is 0 Å². The molecule has 58 heavy (non-hydrogen) atoms. The molecular formula is C52H64N6.